The smallest absolute Gasteiger partial charge is 0.161 e. The molecule has 4 heteroatoms. The fraction of sp³-hybridized carbons (Fsp3) is 0.333. The first kappa shape index (κ1) is 13.9. The maximum atomic E-state index is 5.39. The standard InChI is InChI=1S/C15H19NO2S/c1-10-8-12(17-3)13(18-4)9-11(10)15(16-2)14-6-5-7-19-14/h5-9,15-16H,1-4H3. The van der Waals surface area contributed by atoms with Crippen LogP contribution in [0.25, 0.3) is 0 Å². The molecule has 2 rings (SSSR count). The lowest BCUT2D eigenvalue weighted by Gasteiger charge is -2.20. The molecule has 1 unspecified atom stereocenters. The number of benzene rings is 1. The Balaban J connectivity index is 2.48. The van der Waals surface area contributed by atoms with E-state index >= 15 is 0 Å². The molecular weight excluding hydrogens is 258 g/mol. The van der Waals surface area contributed by atoms with Gasteiger partial charge in [0.2, 0.25) is 0 Å². The molecule has 0 fully saturated rings. The van der Waals surface area contributed by atoms with Crippen LogP contribution < -0.4 is 14.8 Å². The molecule has 0 radical (unpaired) electrons. The van der Waals surface area contributed by atoms with Gasteiger partial charge in [0, 0.05) is 4.88 Å². The Kier molecular flexibility index (Phi) is 4.45. The maximum Gasteiger partial charge on any atom is 0.161 e. The van der Waals surface area contributed by atoms with Gasteiger partial charge in [-0.05, 0) is 48.7 Å². The van der Waals surface area contributed by atoms with E-state index in [0.717, 1.165) is 11.5 Å². The van der Waals surface area contributed by atoms with Crippen LogP contribution in [-0.2, 0) is 0 Å². The molecule has 0 aliphatic carbocycles. The van der Waals surface area contributed by atoms with E-state index in [-0.39, 0.29) is 6.04 Å². The third-order valence-corrected chi connectivity index (χ3v) is 4.14. The Morgan fingerprint density at radius 3 is 2.37 bits per heavy atom. The van der Waals surface area contributed by atoms with Gasteiger partial charge in [0.1, 0.15) is 0 Å². The van der Waals surface area contributed by atoms with Crippen molar-refractivity contribution in [3.05, 3.63) is 45.6 Å². The number of nitrogens with one attached hydrogen (secondary N) is 1. The molecule has 0 aliphatic rings. The lowest BCUT2D eigenvalue weighted by molar-refractivity contribution is 0.354. The summed E-state index contributed by atoms with van der Waals surface area (Å²) >= 11 is 1.75. The topological polar surface area (TPSA) is 30.5 Å². The number of hydrogen-bond donors (Lipinski definition) is 1. The van der Waals surface area contributed by atoms with Gasteiger partial charge in [0.25, 0.3) is 0 Å². The minimum atomic E-state index is 0.180. The number of hydrogen-bond acceptors (Lipinski definition) is 4. The van der Waals surface area contributed by atoms with Gasteiger partial charge in [-0.1, -0.05) is 6.07 Å². The third kappa shape index (κ3) is 2.74. The highest BCUT2D eigenvalue weighted by Gasteiger charge is 2.18. The van der Waals surface area contributed by atoms with Crippen molar-refractivity contribution in [1.29, 1.82) is 0 Å². The summed E-state index contributed by atoms with van der Waals surface area (Å²) in [5.41, 5.74) is 2.40. The third-order valence-electron chi connectivity index (χ3n) is 3.20. The van der Waals surface area contributed by atoms with Crippen molar-refractivity contribution >= 4 is 11.3 Å². The first-order valence-electron chi connectivity index (χ1n) is 6.14. The van der Waals surface area contributed by atoms with Crippen molar-refractivity contribution in [3.63, 3.8) is 0 Å². The molecule has 0 saturated carbocycles. The van der Waals surface area contributed by atoms with Crippen LogP contribution in [0.5, 0.6) is 11.5 Å². The second-order valence-electron chi connectivity index (χ2n) is 4.30. The molecule has 1 aromatic heterocycles. The van der Waals surface area contributed by atoms with Crippen molar-refractivity contribution in [1.82, 2.24) is 5.32 Å². The Morgan fingerprint density at radius 2 is 1.84 bits per heavy atom. The molecule has 0 bridgehead atoms. The molecule has 1 atom stereocenters. The first-order valence-corrected chi connectivity index (χ1v) is 7.02. The quantitative estimate of drug-likeness (QED) is 0.909. The zero-order valence-electron chi connectivity index (χ0n) is 11.7. The molecule has 1 heterocycles. The van der Waals surface area contributed by atoms with E-state index in [1.807, 2.05) is 13.1 Å². The summed E-state index contributed by atoms with van der Waals surface area (Å²) in [6, 6.07) is 8.46. The van der Waals surface area contributed by atoms with Crippen molar-refractivity contribution in [2.75, 3.05) is 21.3 Å². The molecule has 0 amide bonds. The first-order chi connectivity index (χ1) is 9.21. The van der Waals surface area contributed by atoms with E-state index < -0.39 is 0 Å². The Bertz CT molecular complexity index is 537. The molecule has 19 heavy (non-hydrogen) atoms. The van der Waals surface area contributed by atoms with Gasteiger partial charge in [-0.3, -0.25) is 0 Å². The fourth-order valence-electron chi connectivity index (χ4n) is 2.21. The molecule has 0 saturated heterocycles. The highest BCUT2D eigenvalue weighted by Crippen LogP contribution is 2.35. The largest absolute Gasteiger partial charge is 0.493 e. The molecule has 3 nitrogen and oxygen atoms in total. The van der Waals surface area contributed by atoms with Crippen molar-refractivity contribution in [2.24, 2.45) is 0 Å². The van der Waals surface area contributed by atoms with Crippen LogP contribution in [0.4, 0.5) is 0 Å². The Morgan fingerprint density at radius 1 is 1.16 bits per heavy atom. The summed E-state index contributed by atoms with van der Waals surface area (Å²) < 4.78 is 10.7. The number of methoxy groups -OCH3 is 2. The number of rotatable bonds is 5. The van der Waals surface area contributed by atoms with E-state index in [1.165, 1.54) is 16.0 Å². The molecule has 1 aromatic carbocycles. The van der Waals surface area contributed by atoms with Gasteiger partial charge in [-0.25, -0.2) is 0 Å². The van der Waals surface area contributed by atoms with E-state index in [2.05, 4.69) is 35.8 Å². The van der Waals surface area contributed by atoms with Gasteiger partial charge in [0.15, 0.2) is 11.5 Å². The number of aryl methyl sites for hydroxylation is 1. The SMILES string of the molecule is CNC(c1cccs1)c1cc(OC)c(OC)cc1C. The van der Waals surface area contributed by atoms with Crippen LogP contribution in [0.2, 0.25) is 0 Å². The fourth-order valence-corrected chi connectivity index (χ4v) is 3.07. The molecule has 102 valence electrons. The van der Waals surface area contributed by atoms with E-state index in [1.54, 1.807) is 25.6 Å². The minimum Gasteiger partial charge on any atom is -0.493 e. The van der Waals surface area contributed by atoms with Crippen LogP contribution in [0.15, 0.2) is 29.6 Å². The minimum absolute atomic E-state index is 0.180. The summed E-state index contributed by atoms with van der Waals surface area (Å²) in [6.07, 6.45) is 0. The van der Waals surface area contributed by atoms with E-state index in [0.29, 0.717) is 0 Å². The molecule has 2 aromatic rings. The summed E-state index contributed by atoms with van der Waals surface area (Å²) in [6.45, 7) is 2.09. The van der Waals surface area contributed by atoms with Crippen LogP contribution in [0.3, 0.4) is 0 Å². The van der Waals surface area contributed by atoms with Gasteiger partial charge < -0.3 is 14.8 Å². The number of ether oxygens (including phenoxy) is 2. The van der Waals surface area contributed by atoms with Crippen molar-refractivity contribution < 1.29 is 9.47 Å². The highest BCUT2D eigenvalue weighted by atomic mass is 32.1. The predicted octanol–water partition coefficient (Wildman–Crippen LogP) is 3.38. The molecule has 0 spiro atoms. The Labute approximate surface area is 118 Å². The maximum absolute atomic E-state index is 5.39. The zero-order valence-corrected chi connectivity index (χ0v) is 12.5. The highest BCUT2D eigenvalue weighted by molar-refractivity contribution is 7.10. The molecule has 0 aliphatic heterocycles. The predicted molar refractivity (Wildman–Crippen MR) is 79.5 cm³/mol. The summed E-state index contributed by atoms with van der Waals surface area (Å²) in [4.78, 5) is 1.29. The van der Waals surface area contributed by atoms with E-state index in [4.69, 9.17) is 9.47 Å². The van der Waals surface area contributed by atoms with Gasteiger partial charge in [-0.2, -0.15) is 0 Å². The molecular formula is C15H19NO2S. The van der Waals surface area contributed by atoms with E-state index in [9.17, 15) is 0 Å². The van der Waals surface area contributed by atoms with Crippen LogP contribution >= 0.6 is 11.3 Å². The number of thiophene rings is 1. The molecule has 1 N–H and O–H groups in total. The summed E-state index contributed by atoms with van der Waals surface area (Å²) in [5, 5.41) is 5.46. The second-order valence-corrected chi connectivity index (χ2v) is 5.28. The van der Waals surface area contributed by atoms with Crippen LogP contribution in [0.1, 0.15) is 22.0 Å². The van der Waals surface area contributed by atoms with Crippen LogP contribution in [0, 0.1) is 6.92 Å². The Hall–Kier alpha value is -1.52. The normalized spacial score (nSPS) is 12.2. The van der Waals surface area contributed by atoms with Gasteiger partial charge in [0.05, 0.1) is 20.3 Å². The van der Waals surface area contributed by atoms with Crippen LogP contribution in [-0.4, -0.2) is 21.3 Å². The lowest BCUT2D eigenvalue weighted by atomic mass is 9.99. The van der Waals surface area contributed by atoms with Gasteiger partial charge in [-0.15, -0.1) is 11.3 Å². The second kappa shape index (κ2) is 6.08. The zero-order chi connectivity index (χ0) is 13.8. The van der Waals surface area contributed by atoms with Gasteiger partial charge >= 0.3 is 0 Å². The monoisotopic (exact) mass is 277 g/mol. The van der Waals surface area contributed by atoms with Crippen molar-refractivity contribution in [2.45, 2.75) is 13.0 Å². The summed E-state index contributed by atoms with van der Waals surface area (Å²) in [7, 11) is 5.29. The average Bonchev–Trinajstić information content (AvgIpc) is 2.94. The lowest BCUT2D eigenvalue weighted by Crippen LogP contribution is -2.17. The summed E-state index contributed by atoms with van der Waals surface area (Å²) in [5.74, 6) is 1.53. The average molecular weight is 277 g/mol. The van der Waals surface area contributed by atoms with Crippen molar-refractivity contribution in [3.8, 4) is 11.5 Å².